The Bertz CT molecular complexity index is 3140. The van der Waals surface area contributed by atoms with E-state index >= 15 is 0 Å². The van der Waals surface area contributed by atoms with Crippen LogP contribution in [0.15, 0.2) is 195 Å². The summed E-state index contributed by atoms with van der Waals surface area (Å²) in [7, 11) is 0. The molecule has 0 saturated heterocycles. The van der Waals surface area contributed by atoms with Crippen molar-refractivity contribution in [3.8, 4) is 33.7 Å². The molecule has 54 heavy (non-hydrogen) atoms. The quantitative estimate of drug-likeness (QED) is 0.173. The zero-order valence-electron chi connectivity index (χ0n) is 28.9. The van der Waals surface area contributed by atoms with Crippen molar-refractivity contribution < 1.29 is 13.3 Å². The first-order chi connectivity index (χ1) is 26.8. The molecule has 3 aromatic heterocycles. The van der Waals surface area contributed by atoms with Crippen molar-refractivity contribution in [3.63, 3.8) is 0 Å². The highest BCUT2D eigenvalue weighted by Crippen LogP contribution is 2.45. The van der Waals surface area contributed by atoms with E-state index in [1.165, 1.54) is 5.56 Å². The smallest absolute Gasteiger partial charge is 0.227 e. The lowest BCUT2D eigenvalue weighted by Gasteiger charge is -2.26. The zero-order valence-corrected chi connectivity index (χ0v) is 28.9. The van der Waals surface area contributed by atoms with Crippen molar-refractivity contribution in [1.82, 2.24) is 4.98 Å². The Balaban J connectivity index is 1.08. The van der Waals surface area contributed by atoms with E-state index in [1.807, 2.05) is 66.7 Å². The van der Waals surface area contributed by atoms with E-state index in [0.717, 1.165) is 88.7 Å². The number of rotatable bonds is 6. The first-order valence-electron chi connectivity index (χ1n) is 18.0. The van der Waals surface area contributed by atoms with Crippen molar-refractivity contribution in [2.24, 2.45) is 0 Å². The number of benzene rings is 8. The summed E-state index contributed by atoms with van der Waals surface area (Å²) in [5, 5.41) is 4.11. The normalized spacial score (nSPS) is 11.7. The number of fused-ring (bicyclic) bond motifs is 8. The predicted octanol–water partition coefficient (Wildman–Crippen LogP) is 14.1. The standard InChI is InChI=1S/C49H30N2O3/c1-3-11-31(12-4-1)32-21-25-35(26-22-32)51(36-27-23-33(24-28-36)37-16-10-20-43-45(37)38-15-7-8-19-42(38)52-43)41-18-9-17-39-46-44(53-47(39)41)30-29-40-48(46)54-49(50-40)34-13-5-2-6-14-34/h1-30H. The molecule has 5 heteroatoms. The van der Waals surface area contributed by atoms with Crippen LogP contribution in [0.5, 0.6) is 0 Å². The second kappa shape index (κ2) is 12.1. The van der Waals surface area contributed by atoms with Crippen molar-refractivity contribution >= 4 is 72.0 Å². The summed E-state index contributed by atoms with van der Waals surface area (Å²) in [5.74, 6) is 0.586. The summed E-state index contributed by atoms with van der Waals surface area (Å²) in [6, 6.07) is 62.7. The van der Waals surface area contributed by atoms with Crippen LogP contribution in [-0.4, -0.2) is 4.98 Å². The van der Waals surface area contributed by atoms with E-state index in [9.17, 15) is 0 Å². The van der Waals surface area contributed by atoms with Gasteiger partial charge in [0.1, 0.15) is 22.3 Å². The topological polar surface area (TPSA) is 55.6 Å². The molecule has 11 aromatic rings. The summed E-state index contributed by atoms with van der Waals surface area (Å²) in [4.78, 5) is 7.11. The van der Waals surface area contributed by atoms with Crippen LogP contribution in [0.4, 0.5) is 17.1 Å². The first-order valence-corrected chi connectivity index (χ1v) is 18.0. The van der Waals surface area contributed by atoms with E-state index in [4.69, 9.17) is 18.2 Å². The Morgan fingerprint density at radius 1 is 0.370 bits per heavy atom. The minimum atomic E-state index is 0.586. The van der Waals surface area contributed by atoms with E-state index in [1.54, 1.807) is 0 Å². The second-order valence-corrected chi connectivity index (χ2v) is 13.5. The minimum Gasteiger partial charge on any atom is -0.456 e. The molecule has 0 N–H and O–H groups in total. The van der Waals surface area contributed by atoms with Crippen LogP contribution < -0.4 is 4.90 Å². The Kier molecular flexibility index (Phi) is 6.79. The molecular weight excluding hydrogens is 665 g/mol. The van der Waals surface area contributed by atoms with Crippen LogP contribution in [0, 0.1) is 0 Å². The Morgan fingerprint density at radius 3 is 1.76 bits per heavy atom. The third-order valence-corrected chi connectivity index (χ3v) is 10.3. The lowest BCUT2D eigenvalue weighted by Crippen LogP contribution is -2.10. The third-order valence-electron chi connectivity index (χ3n) is 10.3. The lowest BCUT2D eigenvalue weighted by atomic mass is 9.99. The highest BCUT2D eigenvalue weighted by atomic mass is 16.4. The molecule has 0 saturated carbocycles. The number of furan rings is 2. The first kappa shape index (κ1) is 30.3. The van der Waals surface area contributed by atoms with Crippen LogP contribution in [-0.2, 0) is 0 Å². The zero-order chi connectivity index (χ0) is 35.6. The molecule has 11 rings (SSSR count). The van der Waals surface area contributed by atoms with Gasteiger partial charge < -0.3 is 18.2 Å². The summed E-state index contributed by atoms with van der Waals surface area (Å²) in [6.45, 7) is 0. The van der Waals surface area contributed by atoms with E-state index in [-0.39, 0.29) is 0 Å². The van der Waals surface area contributed by atoms with Crippen LogP contribution in [0.1, 0.15) is 0 Å². The van der Waals surface area contributed by atoms with Crippen molar-refractivity contribution in [1.29, 1.82) is 0 Å². The number of nitrogens with zero attached hydrogens (tertiary/aromatic N) is 2. The predicted molar refractivity (Wildman–Crippen MR) is 220 cm³/mol. The van der Waals surface area contributed by atoms with Gasteiger partial charge in [-0.25, -0.2) is 4.98 Å². The molecule has 3 heterocycles. The van der Waals surface area contributed by atoms with Crippen LogP contribution in [0.3, 0.4) is 0 Å². The van der Waals surface area contributed by atoms with Gasteiger partial charge in [-0.1, -0.05) is 115 Å². The van der Waals surface area contributed by atoms with Gasteiger partial charge in [-0.15, -0.1) is 0 Å². The van der Waals surface area contributed by atoms with Gasteiger partial charge in [0.2, 0.25) is 5.89 Å². The molecule has 0 fully saturated rings. The van der Waals surface area contributed by atoms with Gasteiger partial charge in [-0.05, 0) is 89.0 Å². The minimum absolute atomic E-state index is 0.586. The van der Waals surface area contributed by atoms with Gasteiger partial charge in [0, 0.05) is 33.1 Å². The number of para-hydroxylation sites is 2. The maximum atomic E-state index is 6.76. The molecular formula is C49H30N2O3. The van der Waals surface area contributed by atoms with Crippen molar-refractivity contribution in [2.45, 2.75) is 0 Å². The van der Waals surface area contributed by atoms with Crippen LogP contribution in [0.25, 0.3) is 88.7 Å². The van der Waals surface area contributed by atoms with Gasteiger partial charge in [0.15, 0.2) is 11.2 Å². The molecule has 0 spiro atoms. The molecule has 0 aliphatic heterocycles. The molecule has 0 atom stereocenters. The molecule has 0 amide bonds. The molecule has 0 aliphatic rings. The molecule has 0 aliphatic carbocycles. The fourth-order valence-corrected chi connectivity index (χ4v) is 7.80. The van der Waals surface area contributed by atoms with Crippen molar-refractivity contribution in [3.05, 3.63) is 182 Å². The van der Waals surface area contributed by atoms with Crippen LogP contribution >= 0.6 is 0 Å². The summed E-state index contributed by atoms with van der Waals surface area (Å²) in [5.41, 5.74) is 13.2. The number of anilines is 3. The maximum Gasteiger partial charge on any atom is 0.227 e. The van der Waals surface area contributed by atoms with Crippen molar-refractivity contribution in [2.75, 3.05) is 4.90 Å². The molecule has 0 radical (unpaired) electrons. The highest BCUT2D eigenvalue weighted by molar-refractivity contribution is 6.19. The van der Waals surface area contributed by atoms with E-state index < -0.39 is 0 Å². The Hall–Kier alpha value is -7.37. The van der Waals surface area contributed by atoms with Gasteiger partial charge in [0.05, 0.1) is 11.1 Å². The largest absolute Gasteiger partial charge is 0.456 e. The number of oxazole rings is 1. The molecule has 0 bridgehead atoms. The van der Waals surface area contributed by atoms with Gasteiger partial charge in [-0.2, -0.15) is 0 Å². The van der Waals surface area contributed by atoms with Crippen LogP contribution in [0.2, 0.25) is 0 Å². The monoisotopic (exact) mass is 694 g/mol. The maximum absolute atomic E-state index is 6.76. The number of aromatic nitrogens is 1. The van der Waals surface area contributed by atoms with E-state index in [0.29, 0.717) is 11.5 Å². The molecule has 5 nitrogen and oxygen atoms in total. The summed E-state index contributed by atoms with van der Waals surface area (Å²) in [6.07, 6.45) is 0. The molecule has 8 aromatic carbocycles. The lowest BCUT2D eigenvalue weighted by molar-refractivity contribution is 0.622. The summed E-state index contributed by atoms with van der Waals surface area (Å²) >= 11 is 0. The second-order valence-electron chi connectivity index (χ2n) is 13.5. The average Bonchev–Trinajstić information content (AvgIpc) is 3.96. The number of hydrogen-bond acceptors (Lipinski definition) is 5. The fourth-order valence-electron chi connectivity index (χ4n) is 7.80. The highest BCUT2D eigenvalue weighted by Gasteiger charge is 2.23. The summed E-state index contributed by atoms with van der Waals surface area (Å²) < 4.78 is 19.5. The van der Waals surface area contributed by atoms with E-state index in [2.05, 4.69) is 120 Å². The van der Waals surface area contributed by atoms with Gasteiger partial charge in [0.25, 0.3) is 0 Å². The van der Waals surface area contributed by atoms with Gasteiger partial charge in [-0.3, -0.25) is 0 Å². The molecule has 254 valence electrons. The molecule has 0 unspecified atom stereocenters. The Morgan fingerprint density at radius 2 is 0.981 bits per heavy atom. The third kappa shape index (κ3) is 4.83. The fraction of sp³-hybridized carbons (Fsp3) is 0. The SMILES string of the molecule is c1ccc(-c2ccc(N(c3ccc(-c4cccc5oc6ccccc6c45)cc3)c3cccc4c3oc3ccc5nc(-c6ccccc6)oc5c34)cc2)cc1. The Labute approximate surface area is 309 Å². The van der Waals surface area contributed by atoms with Gasteiger partial charge >= 0.3 is 0 Å². The average molecular weight is 695 g/mol. The number of hydrogen-bond donors (Lipinski definition) is 0.